The van der Waals surface area contributed by atoms with Crippen molar-refractivity contribution in [1.82, 2.24) is 9.55 Å². The molecule has 0 aliphatic carbocycles. The molecule has 2 aromatic carbocycles. The van der Waals surface area contributed by atoms with Crippen molar-refractivity contribution in [3.05, 3.63) is 56.3 Å². The summed E-state index contributed by atoms with van der Waals surface area (Å²) < 4.78 is 30.5. The number of nitrogens with zero attached hydrogens (tertiary/aromatic N) is 1. The maximum absolute atomic E-state index is 14.2. The van der Waals surface area contributed by atoms with Gasteiger partial charge in [-0.15, -0.1) is 0 Å². The van der Waals surface area contributed by atoms with Gasteiger partial charge in [0.1, 0.15) is 5.52 Å². The number of nitrogens with one attached hydrogen (secondary N) is 1. The second kappa shape index (κ2) is 5.03. The summed E-state index contributed by atoms with van der Waals surface area (Å²) in [5.74, 6) is -1.80. The number of hydrogen-bond donors (Lipinski definition) is 1. The number of H-pyrrole nitrogens is 1. The zero-order valence-corrected chi connectivity index (χ0v) is 13.7. The van der Waals surface area contributed by atoms with E-state index in [4.69, 9.17) is 12.2 Å². The Bertz CT molecular complexity index is 904. The Balaban J connectivity index is 2.43. The molecule has 0 spiro atoms. The third-order valence-corrected chi connectivity index (χ3v) is 4.95. The largest absolute Gasteiger partial charge is 0.330 e. The summed E-state index contributed by atoms with van der Waals surface area (Å²) in [4.78, 5) is 2.91. The van der Waals surface area contributed by atoms with Gasteiger partial charge in [0, 0.05) is 10.2 Å². The molecule has 108 valence electrons. The molecule has 0 saturated heterocycles. The molecule has 1 N–H and O–H groups in total. The topological polar surface area (TPSA) is 20.7 Å². The first kappa shape index (κ1) is 14.4. The van der Waals surface area contributed by atoms with Crippen LogP contribution < -0.4 is 0 Å². The van der Waals surface area contributed by atoms with Crippen molar-refractivity contribution in [2.45, 2.75) is 13.8 Å². The van der Waals surface area contributed by atoms with Crippen molar-refractivity contribution in [3.8, 4) is 5.69 Å². The lowest BCUT2D eigenvalue weighted by molar-refractivity contribution is 0.514. The first-order valence-corrected chi connectivity index (χ1v) is 7.46. The minimum atomic E-state index is -0.905. The van der Waals surface area contributed by atoms with Crippen molar-refractivity contribution >= 4 is 39.2 Å². The zero-order valence-electron chi connectivity index (χ0n) is 11.3. The number of benzene rings is 2. The lowest BCUT2D eigenvalue weighted by Crippen LogP contribution is -1.99. The smallest absolute Gasteiger partial charge is 0.184 e. The van der Waals surface area contributed by atoms with Gasteiger partial charge in [-0.05, 0) is 61.5 Å². The molecule has 0 saturated carbocycles. The van der Waals surface area contributed by atoms with Crippen LogP contribution in [0.4, 0.5) is 8.78 Å². The zero-order chi connectivity index (χ0) is 15.3. The number of hydrogen-bond acceptors (Lipinski definition) is 1. The number of fused-ring (bicyclic) bond motifs is 1. The molecule has 0 aliphatic heterocycles. The van der Waals surface area contributed by atoms with Crippen molar-refractivity contribution in [3.63, 3.8) is 0 Å². The Hall–Kier alpha value is -1.53. The fraction of sp³-hybridized carbons (Fsp3) is 0.133. The van der Waals surface area contributed by atoms with E-state index in [1.165, 1.54) is 10.6 Å². The first-order chi connectivity index (χ1) is 9.90. The molecule has 0 aliphatic rings. The molecule has 0 amide bonds. The van der Waals surface area contributed by atoms with Gasteiger partial charge in [-0.2, -0.15) is 0 Å². The fourth-order valence-corrected chi connectivity index (χ4v) is 2.97. The molecular formula is C15H11BrF2N2S. The average Bonchev–Trinajstić information content (AvgIpc) is 2.77. The molecule has 0 atom stereocenters. The van der Waals surface area contributed by atoms with Crippen LogP contribution in [0.3, 0.4) is 0 Å². The third kappa shape index (κ3) is 2.22. The molecule has 0 fully saturated rings. The molecule has 0 bridgehead atoms. The molecular weight excluding hydrogens is 358 g/mol. The maximum atomic E-state index is 14.2. The van der Waals surface area contributed by atoms with Crippen LogP contribution in [0.1, 0.15) is 11.1 Å². The maximum Gasteiger partial charge on any atom is 0.184 e. The number of aryl methyl sites for hydroxylation is 2. The number of rotatable bonds is 1. The summed E-state index contributed by atoms with van der Waals surface area (Å²) in [6.45, 7) is 3.88. The average molecular weight is 369 g/mol. The highest BCUT2D eigenvalue weighted by Gasteiger charge is 2.15. The second-order valence-corrected chi connectivity index (χ2v) is 6.10. The molecule has 1 heterocycles. The molecule has 6 heteroatoms. The van der Waals surface area contributed by atoms with Crippen molar-refractivity contribution in [2.24, 2.45) is 0 Å². The van der Waals surface area contributed by atoms with Crippen LogP contribution in [-0.4, -0.2) is 9.55 Å². The van der Waals surface area contributed by atoms with Gasteiger partial charge in [-0.3, -0.25) is 4.57 Å². The quantitative estimate of drug-likeness (QED) is 0.574. The predicted molar refractivity (Wildman–Crippen MR) is 85.5 cm³/mol. The van der Waals surface area contributed by atoms with Gasteiger partial charge in [-0.1, -0.05) is 15.9 Å². The number of imidazole rings is 1. The van der Waals surface area contributed by atoms with Gasteiger partial charge in [0.05, 0.1) is 5.52 Å². The molecule has 21 heavy (non-hydrogen) atoms. The van der Waals surface area contributed by atoms with E-state index in [1.807, 2.05) is 26.0 Å². The second-order valence-electron chi connectivity index (χ2n) is 4.92. The molecule has 2 nitrogen and oxygen atoms in total. The van der Waals surface area contributed by atoms with Gasteiger partial charge < -0.3 is 4.98 Å². The van der Waals surface area contributed by atoms with E-state index >= 15 is 0 Å². The van der Waals surface area contributed by atoms with E-state index in [2.05, 4.69) is 20.9 Å². The molecule has 1 aromatic heterocycles. The highest BCUT2D eigenvalue weighted by atomic mass is 79.9. The SMILES string of the molecule is Cc1cc(-n2c(=S)[nH]c3ccc(F)c(F)c32)cc(C)c1Br. The molecule has 0 radical (unpaired) electrons. The van der Waals surface area contributed by atoms with Gasteiger partial charge in [-0.25, -0.2) is 8.78 Å². The predicted octanol–water partition coefficient (Wildman–Crippen LogP) is 5.35. The van der Waals surface area contributed by atoms with Gasteiger partial charge in [0.25, 0.3) is 0 Å². The Kier molecular flexibility index (Phi) is 3.45. The molecule has 3 aromatic rings. The van der Waals surface area contributed by atoms with Gasteiger partial charge >= 0.3 is 0 Å². The normalized spacial score (nSPS) is 11.3. The van der Waals surface area contributed by atoms with Crippen LogP contribution in [0.2, 0.25) is 0 Å². The third-order valence-electron chi connectivity index (χ3n) is 3.42. The Morgan fingerprint density at radius 1 is 1.14 bits per heavy atom. The van der Waals surface area contributed by atoms with Crippen LogP contribution >= 0.6 is 28.1 Å². The van der Waals surface area contributed by atoms with Crippen molar-refractivity contribution < 1.29 is 8.78 Å². The van der Waals surface area contributed by atoms with E-state index < -0.39 is 11.6 Å². The Morgan fingerprint density at radius 3 is 2.38 bits per heavy atom. The summed E-state index contributed by atoms with van der Waals surface area (Å²) in [5.41, 5.74) is 3.29. The Labute approximate surface area is 133 Å². The highest BCUT2D eigenvalue weighted by molar-refractivity contribution is 9.10. The van der Waals surface area contributed by atoms with Gasteiger partial charge in [0.15, 0.2) is 16.4 Å². The van der Waals surface area contributed by atoms with E-state index in [0.717, 1.165) is 21.7 Å². The summed E-state index contributed by atoms with van der Waals surface area (Å²) in [5, 5.41) is 0. The van der Waals surface area contributed by atoms with Crippen LogP contribution in [0.15, 0.2) is 28.7 Å². The van der Waals surface area contributed by atoms with Crippen molar-refractivity contribution in [1.29, 1.82) is 0 Å². The number of aromatic amines is 1. The lowest BCUT2D eigenvalue weighted by atomic mass is 10.1. The summed E-state index contributed by atoms with van der Waals surface area (Å²) in [6, 6.07) is 6.33. The number of halogens is 3. The van der Waals surface area contributed by atoms with Gasteiger partial charge in [0.2, 0.25) is 0 Å². The van der Waals surface area contributed by atoms with E-state index in [-0.39, 0.29) is 5.52 Å². The molecule has 0 unspecified atom stereocenters. The van der Waals surface area contributed by atoms with Crippen molar-refractivity contribution in [2.75, 3.05) is 0 Å². The standard InChI is InChI=1S/C15H11BrF2N2S/c1-7-5-9(6-8(2)12(7)16)20-14-11(19-15(20)21)4-3-10(17)13(14)18/h3-6H,1-2H3,(H,19,21). The minimum absolute atomic E-state index is 0.126. The summed E-state index contributed by atoms with van der Waals surface area (Å²) >= 11 is 8.76. The van der Waals surface area contributed by atoms with E-state index in [1.54, 1.807) is 0 Å². The monoisotopic (exact) mass is 368 g/mol. The molecule has 3 rings (SSSR count). The lowest BCUT2D eigenvalue weighted by Gasteiger charge is -2.10. The highest BCUT2D eigenvalue weighted by Crippen LogP contribution is 2.28. The van der Waals surface area contributed by atoms with E-state index in [9.17, 15) is 8.78 Å². The minimum Gasteiger partial charge on any atom is -0.330 e. The summed E-state index contributed by atoms with van der Waals surface area (Å²) in [6.07, 6.45) is 0. The number of aromatic nitrogens is 2. The van der Waals surface area contributed by atoms with Crippen LogP contribution in [0.25, 0.3) is 16.7 Å². The Morgan fingerprint density at radius 2 is 1.76 bits per heavy atom. The van der Waals surface area contributed by atoms with Crippen LogP contribution in [0, 0.1) is 30.3 Å². The summed E-state index contributed by atoms with van der Waals surface area (Å²) in [7, 11) is 0. The first-order valence-electron chi connectivity index (χ1n) is 6.26. The van der Waals surface area contributed by atoms with Crippen LogP contribution in [-0.2, 0) is 0 Å². The fourth-order valence-electron chi connectivity index (χ4n) is 2.43. The van der Waals surface area contributed by atoms with E-state index in [0.29, 0.717) is 16.0 Å². The van der Waals surface area contributed by atoms with Crippen LogP contribution in [0.5, 0.6) is 0 Å².